The Morgan fingerprint density at radius 2 is 1.63 bits per heavy atom. The summed E-state index contributed by atoms with van der Waals surface area (Å²) in [4.78, 5) is 0. The van der Waals surface area contributed by atoms with Crippen LogP contribution in [-0.2, 0) is 22.0 Å². The van der Waals surface area contributed by atoms with Gasteiger partial charge in [-0.1, -0.05) is 12.1 Å². The zero-order valence-corrected chi connectivity index (χ0v) is 15.9. The summed E-state index contributed by atoms with van der Waals surface area (Å²) < 4.78 is 59.0. The molecule has 2 aromatic rings. The third-order valence-electron chi connectivity index (χ3n) is 5.13. The van der Waals surface area contributed by atoms with Gasteiger partial charge >= 0.3 is 13.3 Å². The molecule has 0 radical (unpaired) electrons. The molecule has 0 N–H and O–H groups in total. The molecule has 0 saturated carbocycles. The minimum atomic E-state index is -4.60. The molecule has 1 aromatic carbocycles. The maximum absolute atomic E-state index is 13.8. The molecule has 1 fully saturated rings. The van der Waals surface area contributed by atoms with Crippen molar-refractivity contribution in [2.24, 2.45) is 0 Å². The Kier molecular flexibility index (Phi) is 4.80. The van der Waals surface area contributed by atoms with E-state index in [1.165, 1.54) is 13.3 Å². The lowest BCUT2D eigenvalue weighted by Crippen LogP contribution is -2.41. The lowest BCUT2D eigenvalue weighted by molar-refractivity contribution is -0.143. The van der Waals surface area contributed by atoms with Crippen LogP contribution in [0.3, 0.4) is 0 Å². The van der Waals surface area contributed by atoms with E-state index >= 15 is 0 Å². The van der Waals surface area contributed by atoms with E-state index in [2.05, 4.69) is 5.10 Å². The van der Waals surface area contributed by atoms with Crippen molar-refractivity contribution in [2.75, 3.05) is 7.11 Å². The average Bonchev–Trinajstić information content (AvgIpc) is 3.06. The highest BCUT2D eigenvalue weighted by Gasteiger charge is 2.54. The lowest BCUT2D eigenvalue weighted by atomic mass is 9.79. The number of hydrogen-bond acceptors (Lipinski definition) is 4. The molecule has 0 unspecified atom stereocenters. The number of benzene rings is 1. The molecule has 0 aliphatic carbocycles. The van der Waals surface area contributed by atoms with Crippen LogP contribution in [-0.4, -0.2) is 35.2 Å². The third-order valence-corrected chi connectivity index (χ3v) is 5.13. The number of hydrogen-bond donors (Lipinski definition) is 0. The van der Waals surface area contributed by atoms with E-state index in [4.69, 9.17) is 14.0 Å². The van der Waals surface area contributed by atoms with Gasteiger partial charge in [-0.25, -0.2) is 0 Å². The van der Waals surface area contributed by atoms with Gasteiger partial charge in [0.2, 0.25) is 0 Å². The topological polar surface area (TPSA) is 45.5 Å². The van der Waals surface area contributed by atoms with Gasteiger partial charge in [0.05, 0.1) is 24.9 Å². The first-order valence-corrected chi connectivity index (χ1v) is 8.56. The van der Waals surface area contributed by atoms with Crippen LogP contribution in [0.15, 0.2) is 30.5 Å². The van der Waals surface area contributed by atoms with Crippen molar-refractivity contribution >= 4 is 12.6 Å². The van der Waals surface area contributed by atoms with Gasteiger partial charge < -0.3 is 14.0 Å². The smallest absolute Gasteiger partial charge is 0.497 e. The number of halogens is 3. The van der Waals surface area contributed by atoms with Gasteiger partial charge in [0.15, 0.2) is 0 Å². The van der Waals surface area contributed by atoms with E-state index < -0.39 is 30.2 Å². The fourth-order valence-electron chi connectivity index (χ4n) is 2.88. The summed E-state index contributed by atoms with van der Waals surface area (Å²) >= 11 is 0. The molecular weight excluding hydrogens is 360 g/mol. The van der Waals surface area contributed by atoms with Gasteiger partial charge in [-0.05, 0) is 45.4 Å². The van der Waals surface area contributed by atoms with Gasteiger partial charge in [0, 0.05) is 11.7 Å². The fraction of sp³-hybridized carbons (Fsp3) is 0.500. The Hall–Kier alpha value is -2.00. The Labute approximate surface area is 156 Å². The van der Waals surface area contributed by atoms with Crippen molar-refractivity contribution in [3.05, 3.63) is 41.7 Å². The average molecular weight is 382 g/mol. The summed E-state index contributed by atoms with van der Waals surface area (Å²) in [6, 6.07) is 6.80. The summed E-state index contributed by atoms with van der Waals surface area (Å²) in [6.07, 6.45) is -3.42. The predicted molar refractivity (Wildman–Crippen MR) is 95.0 cm³/mol. The van der Waals surface area contributed by atoms with Crippen LogP contribution >= 0.6 is 0 Å². The highest BCUT2D eigenvalue weighted by atomic mass is 19.4. The second-order valence-corrected chi connectivity index (χ2v) is 7.54. The lowest BCUT2D eigenvalue weighted by Gasteiger charge is -2.32. The van der Waals surface area contributed by atoms with Gasteiger partial charge in [0.25, 0.3) is 0 Å². The molecular formula is C18H22BF3N2O3. The van der Waals surface area contributed by atoms with Gasteiger partial charge in [-0.2, -0.15) is 18.3 Å². The van der Waals surface area contributed by atoms with Crippen molar-refractivity contribution in [1.29, 1.82) is 0 Å². The fourth-order valence-corrected chi connectivity index (χ4v) is 2.88. The SMILES string of the molecule is COc1ccc(Cn2ncc(B3OC(C)(C)C(C)(C)O3)c2C(F)(F)F)cc1. The van der Waals surface area contributed by atoms with E-state index in [0.717, 1.165) is 4.68 Å². The summed E-state index contributed by atoms with van der Waals surface area (Å²) in [6.45, 7) is 7.15. The molecule has 1 aliphatic heterocycles. The molecule has 0 spiro atoms. The summed E-state index contributed by atoms with van der Waals surface area (Å²) in [5.74, 6) is 0.633. The maximum atomic E-state index is 13.8. The van der Waals surface area contributed by atoms with Crippen LogP contribution in [0, 0.1) is 0 Å². The quantitative estimate of drug-likeness (QED) is 0.762. The Morgan fingerprint density at radius 3 is 2.11 bits per heavy atom. The molecule has 146 valence electrons. The van der Waals surface area contributed by atoms with Gasteiger partial charge in [0.1, 0.15) is 11.4 Å². The molecule has 1 aliphatic rings. The number of alkyl halides is 3. The van der Waals surface area contributed by atoms with Crippen molar-refractivity contribution < 1.29 is 27.2 Å². The molecule has 0 atom stereocenters. The number of rotatable bonds is 4. The van der Waals surface area contributed by atoms with Crippen LogP contribution < -0.4 is 10.2 Å². The molecule has 0 amide bonds. The number of ether oxygens (including phenoxy) is 1. The minimum Gasteiger partial charge on any atom is -0.497 e. The van der Waals surface area contributed by atoms with Crippen molar-refractivity contribution in [2.45, 2.75) is 51.6 Å². The van der Waals surface area contributed by atoms with Gasteiger partial charge in [-0.3, -0.25) is 4.68 Å². The van der Waals surface area contributed by atoms with Crippen LogP contribution in [0.25, 0.3) is 0 Å². The van der Waals surface area contributed by atoms with Crippen LogP contribution in [0.1, 0.15) is 39.0 Å². The second-order valence-electron chi connectivity index (χ2n) is 7.54. The molecule has 2 heterocycles. The highest BCUT2D eigenvalue weighted by molar-refractivity contribution is 6.62. The maximum Gasteiger partial charge on any atom is 0.498 e. The Morgan fingerprint density at radius 1 is 1.07 bits per heavy atom. The summed E-state index contributed by atoms with van der Waals surface area (Å²) in [5.41, 5.74) is -1.78. The molecule has 5 nitrogen and oxygen atoms in total. The van der Waals surface area contributed by atoms with E-state index in [-0.39, 0.29) is 12.0 Å². The molecule has 1 aromatic heterocycles. The van der Waals surface area contributed by atoms with E-state index in [1.807, 2.05) is 0 Å². The first kappa shape index (κ1) is 19.8. The molecule has 27 heavy (non-hydrogen) atoms. The zero-order valence-electron chi connectivity index (χ0n) is 15.9. The van der Waals surface area contributed by atoms with Crippen LogP contribution in [0.4, 0.5) is 13.2 Å². The van der Waals surface area contributed by atoms with E-state index in [1.54, 1.807) is 52.0 Å². The van der Waals surface area contributed by atoms with E-state index in [9.17, 15) is 13.2 Å². The third kappa shape index (κ3) is 3.71. The Balaban J connectivity index is 1.95. The summed E-state index contributed by atoms with van der Waals surface area (Å²) in [7, 11) is 0.400. The van der Waals surface area contributed by atoms with Crippen molar-refractivity contribution in [1.82, 2.24) is 9.78 Å². The van der Waals surface area contributed by atoms with E-state index in [0.29, 0.717) is 11.3 Å². The van der Waals surface area contributed by atoms with Crippen LogP contribution in [0.5, 0.6) is 5.75 Å². The largest absolute Gasteiger partial charge is 0.498 e. The predicted octanol–water partition coefficient (Wildman–Crippen LogP) is 3.26. The van der Waals surface area contributed by atoms with Crippen molar-refractivity contribution in [3.8, 4) is 5.75 Å². The molecule has 1 saturated heterocycles. The van der Waals surface area contributed by atoms with Gasteiger partial charge in [-0.15, -0.1) is 0 Å². The monoisotopic (exact) mass is 382 g/mol. The minimum absolute atomic E-state index is 0.0294. The normalized spacial score (nSPS) is 18.7. The second kappa shape index (κ2) is 6.56. The first-order valence-electron chi connectivity index (χ1n) is 8.56. The molecule has 0 bridgehead atoms. The zero-order chi connectivity index (χ0) is 20.0. The first-order chi connectivity index (χ1) is 12.4. The van der Waals surface area contributed by atoms with Crippen molar-refractivity contribution in [3.63, 3.8) is 0 Å². The standard InChI is InChI=1S/C18H22BF3N2O3/c1-16(2)17(3,4)27-19(26-16)14-10-23-24(15(14)18(20,21)22)11-12-6-8-13(25-5)9-7-12/h6-10H,11H2,1-5H3. The summed E-state index contributed by atoms with van der Waals surface area (Å²) in [5, 5.41) is 3.97. The molecule has 9 heteroatoms. The number of nitrogens with zero attached hydrogens (tertiary/aromatic N) is 2. The Bertz CT molecular complexity index is 800. The molecule has 3 rings (SSSR count). The highest BCUT2D eigenvalue weighted by Crippen LogP contribution is 2.38. The number of aromatic nitrogens is 2. The van der Waals surface area contributed by atoms with Crippen LogP contribution in [0.2, 0.25) is 0 Å². The number of methoxy groups -OCH3 is 1.